The molecule has 0 aromatic carbocycles. The molecular formula is C18H32N2O8. The molecule has 0 radical (unpaired) electrons. The molecule has 0 saturated carbocycles. The first-order valence-electron chi connectivity index (χ1n) is 8.83. The lowest BCUT2D eigenvalue weighted by Crippen LogP contribution is -2.47. The van der Waals surface area contributed by atoms with E-state index in [1.54, 1.807) is 41.5 Å². The van der Waals surface area contributed by atoms with E-state index in [1.807, 2.05) is 0 Å². The SMILES string of the molecule is COCCN(CC(=O)CN(CC(=O)O)C(=O)OC(C)(C)C)C(=O)OC(C)(C)C. The number of ketones is 1. The van der Waals surface area contributed by atoms with Crippen LogP contribution in [0.1, 0.15) is 41.5 Å². The molecule has 0 aliphatic rings. The number of hydrogen-bond acceptors (Lipinski definition) is 7. The van der Waals surface area contributed by atoms with Gasteiger partial charge in [0.1, 0.15) is 17.7 Å². The maximum atomic E-state index is 12.4. The maximum absolute atomic E-state index is 12.4. The normalized spacial score (nSPS) is 11.5. The fourth-order valence-corrected chi connectivity index (χ4v) is 1.91. The molecule has 0 aromatic heterocycles. The van der Waals surface area contributed by atoms with Gasteiger partial charge in [-0.1, -0.05) is 0 Å². The Labute approximate surface area is 165 Å². The standard InChI is InChI=1S/C18H32N2O8/c1-17(2,3)27-15(24)19(8-9-26-7)10-13(21)11-20(12-14(22)23)16(25)28-18(4,5)6/h8-12H2,1-7H3,(H,22,23). The minimum atomic E-state index is -1.29. The van der Waals surface area contributed by atoms with Crippen molar-refractivity contribution >= 4 is 23.9 Å². The van der Waals surface area contributed by atoms with Gasteiger partial charge in [-0.2, -0.15) is 0 Å². The van der Waals surface area contributed by atoms with Crippen LogP contribution in [-0.4, -0.2) is 89.9 Å². The number of carboxylic acids is 1. The Morgan fingerprint density at radius 2 is 1.21 bits per heavy atom. The Kier molecular flexibility index (Phi) is 9.93. The van der Waals surface area contributed by atoms with Crippen molar-refractivity contribution in [2.24, 2.45) is 0 Å². The molecule has 0 aliphatic heterocycles. The van der Waals surface area contributed by atoms with Crippen LogP contribution < -0.4 is 0 Å². The predicted molar refractivity (Wildman–Crippen MR) is 100 cm³/mol. The lowest BCUT2D eigenvalue weighted by Gasteiger charge is -2.28. The van der Waals surface area contributed by atoms with E-state index in [1.165, 1.54) is 7.11 Å². The number of carbonyl (C=O) groups is 4. The molecule has 2 amide bonds. The van der Waals surface area contributed by atoms with Gasteiger partial charge in [-0.25, -0.2) is 9.59 Å². The number of amides is 2. The molecule has 0 fully saturated rings. The molecule has 0 aromatic rings. The Balaban J connectivity index is 5.15. The van der Waals surface area contributed by atoms with Crippen molar-refractivity contribution in [3.05, 3.63) is 0 Å². The van der Waals surface area contributed by atoms with E-state index in [4.69, 9.17) is 19.3 Å². The van der Waals surface area contributed by atoms with Crippen LogP contribution in [0.25, 0.3) is 0 Å². The van der Waals surface area contributed by atoms with Gasteiger partial charge in [0.25, 0.3) is 0 Å². The van der Waals surface area contributed by atoms with E-state index in [9.17, 15) is 19.2 Å². The first-order chi connectivity index (χ1) is 12.6. The number of rotatable bonds is 9. The monoisotopic (exact) mass is 404 g/mol. The van der Waals surface area contributed by atoms with E-state index < -0.39 is 48.2 Å². The summed E-state index contributed by atoms with van der Waals surface area (Å²) in [5, 5.41) is 9.00. The average Bonchev–Trinajstić information content (AvgIpc) is 2.46. The summed E-state index contributed by atoms with van der Waals surface area (Å²) in [6.45, 7) is 8.65. The largest absolute Gasteiger partial charge is 0.480 e. The first-order valence-corrected chi connectivity index (χ1v) is 8.83. The van der Waals surface area contributed by atoms with Crippen molar-refractivity contribution in [2.75, 3.05) is 39.9 Å². The third-order valence-corrected chi connectivity index (χ3v) is 2.93. The van der Waals surface area contributed by atoms with E-state index in [0.717, 1.165) is 9.80 Å². The highest BCUT2D eigenvalue weighted by Gasteiger charge is 2.28. The Morgan fingerprint density at radius 3 is 1.61 bits per heavy atom. The number of carboxylic acid groups (broad SMARTS) is 1. The van der Waals surface area contributed by atoms with E-state index in [2.05, 4.69) is 0 Å². The van der Waals surface area contributed by atoms with Gasteiger partial charge in [-0.3, -0.25) is 19.4 Å². The lowest BCUT2D eigenvalue weighted by molar-refractivity contribution is -0.138. The molecule has 0 spiro atoms. The van der Waals surface area contributed by atoms with Crippen LogP contribution in [0, 0.1) is 0 Å². The van der Waals surface area contributed by atoms with Gasteiger partial charge in [-0.05, 0) is 41.5 Å². The minimum absolute atomic E-state index is 0.0997. The fourth-order valence-electron chi connectivity index (χ4n) is 1.91. The molecule has 10 heteroatoms. The van der Waals surface area contributed by atoms with Crippen molar-refractivity contribution in [3.63, 3.8) is 0 Å². The number of ether oxygens (including phenoxy) is 3. The number of Topliss-reactive ketones (excluding diaryl/α,β-unsaturated/α-hetero) is 1. The summed E-state index contributed by atoms with van der Waals surface area (Å²) in [6, 6.07) is 0. The van der Waals surface area contributed by atoms with E-state index in [0.29, 0.717) is 0 Å². The predicted octanol–water partition coefficient (Wildman–Crippen LogP) is 1.76. The van der Waals surface area contributed by atoms with Crippen molar-refractivity contribution < 1.29 is 38.5 Å². The molecule has 0 unspecified atom stereocenters. The fraction of sp³-hybridized carbons (Fsp3) is 0.778. The van der Waals surface area contributed by atoms with Gasteiger partial charge >= 0.3 is 18.2 Å². The summed E-state index contributed by atoms with van der Waals surface area (Å²) in [6.07, 6.45) is -1.64. The highest BCUT2D eigenvalue weighted by molar-refractivity contribution is 5.89. The second-order valence-corrected chi connectivity index (χ2v) is 8.16. The number of methoxy groups -OCH3 is 1. The van der Waals surface area contributed by atoms with Crippen LogP contribution in [0.15, 0.2) is 0 Å². The highest BCUT2D eigenvalue weighted by Crippen LogP contribution is 2.12. The summed E-state index contributed by atoms with van der Waals surface area (Å²) in [5.74, 6) is -1.84. The quantitative estimate of drug-likeness (QED) is 0.617. The van der Waals surface area contributed by atoms with Gasteiger partial charge in [0.05, 0.1) is 19.7 Å². The molecule has 0 aliphatic carbocycles. The number of aliphatic carboxylic acids is 1. The third kappa shape index (κ3) is 12.1. The minimum Gasteiger partial charge on any atom is -0.480 e. The van der Waals surface area contributed by atoms with Crippen molar-refractivity contribution in [3.8, 4) is 0 Å². The summed E-state index contributed by atoms with van der Waals surface area (Å²) in [5.41, 5.74) is -1.60. The molecule has 1 N–H and O–H groups in total. The summed E-state index contributed by atoms with van der Waals surface area (Å²) in [7, 11) is 1.45. The Hall–Kier alpha value is -2.36. The zero-order valence-electron chi connectivity index (χ0n) is 17.7. The molecule has 0 heterocycles. The summed E-state index contributed by atoms with van der Waals surface area (Å²) < 4.78 is 15.3. The van der Waals surface area contributed by atoms with Crippen LogP contribution in [-0.2, 0) is 23.8 Å². The topological polar surface area (TPSA) is 123 Å². The smallest absolute Gasteiger partial charge is 0.411 e. The van der Waals surface area contributed by atoms with E-state index >= 15 is 0 Å². The lowest BCUT2D eigenvalue weighted by atomic mass is 10.2. The first kappa shape index (κ1) is 25.6. The highest BCUT2D eigenvalue weighted by atomic mass is 16.6. The van der Waals surface area contributed by atoms with Gasteiger partial charge in [0.15, 0.2) is 5.78 Å². The van der Waals surface area contributed by atoms with Gasteiger partial charge < -0.3 is 19.3 Å². The van der Waals surface area contributed by atoms with Crippen molar-refractivity contribution in [1.29, 1.82) is 0 Å². The van der Waals surface area contributed by atoms with Crippen LogP contribution in [0.4, 0.5) is 9.59 Å². The molecule has 0 bridgehead atoms. The van der Waals surface area contributed by atoms with Crippen molar-refractivity contribution in [1.82, 2.24) is 9.80 Å². The second-order valence-electron chi connectivity index (χ2n) is 8.16. The third-order valence-electron chi connectivity index (χ3n) is 2.93. The zero-order chi connectivity index (χ0) is 22.1. The van der Waals surface area contributed by atoms with Gasteiger partial charge in [0.2, 0.25) is 0 Å². The molecular weight excluding hydrogens is 372 g/mol. The Bertz CT molecular complexity index is 563. The van der Waals surface area contributed by atoms with Crippen LogP contribution >= 0.6 is 0 Å². The summed E-state index contributed by atoms with van der Waals surface area (Å²) >= 11 is 0. The van der Waals surface area contributed by atoms with E-state index in [-0.39, 0.29) is 19.7 Å². The molecule has 28 heavy (non-hydrogen) atoms. The molecule has 10 nitrogen and oxygen atoms in total. The number of carbonyl (C=O) groups excluding carboxylic acids is 3. The second kappa shape index (κ2) is 10.8. The molecule has 0 saturated heterocycles. The zero-order valence-corrected chi connectivity index (χ0v) is 17.7. The molecule has 0 atom stereocenters. The molecule has 162 valence electrons. The van der Waals surface area contributed by atoms with Crippen LogP contribution in [0.5, 0.6) is 0 Å². The molecule has 0 rings (SSSR count). The Morgan fingerprint density at radius 1 is 0.786 bits per heavy atom. The average molecular weight is 404 g/mol. The van der Waals surface area contributed by atoms with Crippen LogP contribution in [0.2, 0.25) is 0 Å². The number of hydrogen-bond donors (Lipinski definition) is 1. The number of nitrogens with zero attached hydrogens (tertiary/aromatic N) is 2. The van der Waals surface area contributed by atoms with Gasteiger partial charge in [-0.15, -0.1) is 0 Å². The van der Waals surface area contributed by atoms with Gasteiger partial charge in [0, 0.05) is 13.7 Å². The maximum Gasteiger partial charge on any atom is 0.411 e. The van der Waals surface area contributed by atoms with Crippen LogP contribution in [0.3, 0.4) is 0 Å². The van der Waals surface area contributed by atoms with Crippen molar-refractivity contribution in [2.45, 2.75) is 52.7 Å². The summed E-state index contributed by atoms with van der Waals surface area (Å²) in [4.78, 5) is 49.8.